The van der Waals surface area contributed by atoms with Crippen LogP contribution < -0.4 is 5.32 Å². The highest BCUT2D eigenvalue weighted by Crippen LogP contribution is 2.37. The first-order chi connectivity index (χ1) is 18.9. The number of carbonyl (C=O) groups is 2. The van der Waals surface area contributed by atoms with Crippen LogP contribution in [0.2, 0.25) is 0 Å². The Morgan fingerprint density at radius 1 is 0.769 bits per heavy atom. The molecule has 3 aliphatic rings. The van der Waals surface area contributed by atoms with E-state index < -0.39 is 0 Å². The summed E-state index contributed by atoms with van der Waals surface area (Å²) in [6.45, 7) is 3.00. The molecule has 0 spiro atoms. The molecular weight excluding hydrogens is 498 g/mol. The van der Waals surface area contributed by atoms with Crippen LogP contribution in [0.25, 0.3) is 10.8 Å². The van der Waals surface area contributed by atoms with E-state index >= 15 is 0 Å². The first-order valence-electron chi connectivity index (χ1n) is 14.0. The van der Waals surface area contributed by atoms with Gasteiger partial charge in [-0.3, -0.25) is 9.69 Å². The van der Waals surface area contributed by atoms with Crippen molar-refractivity contribution in [3.05, 3.63) is 83.4 Å². The maximum Gasteiger partial charge on any atom is 0.317 e. The van der Waals surface area contributed by atoms with Crippen LogP contribution in [0.3, 0.4) is 0 Å². The number of hydrogen-bond acceptors (Lipinski definition) is 3. The van der Waals surface area contributed by atoms with E-state index in [1.807, 2.05) is 17.0 Å². The van der Waals surface area contributed by atoms with E-state index in [4.69, 9.17) is 0 Å². The molecule has 0 radical (unpaired) electrons. The van der Waals surface area contributed by atoms with Crippen LogP contribution in [-0.2, 0) is 6.54 Å². The van der Waals surface area contributed by atoms with Crippen LogP contribution in [0.1, 0.15) is 48.0 Å². The van der Waals surface area contributed by atoms with E-state index in [1.54, 1.807) is 11.0 Å². The largest absolute Gasteiger partial charge is 0.337 e. The molecule has 3 aliphatic heterocycles. The summed E-state index contributed by atoms with van der Waals surface area (Å²) in [7, 11) is 0. The summed E-state index contributed by atoms with van der Waals surface area (Å²) < 4.78 is 26.8. The number of rotatable bonds is 4. The molecule has 6 nitrogen and oxygen atoms in total. The van der Waals surface area contributed by atoms with E-state index in [9.17, 15) is 18.4 Å². The van der Waals surface area contributed by atoms with Gasteiger partial charge in [0.15, 0.2) is 0 Å². The van der Waals surface area contributed by atoms with Crippen LogP contribution in [0.5, 0.6) is 0 Å². The van der Waals surface area contributed by atoms with Crippen molar-refractivity contribution in [3.8, 4) is 0 Å². The Balaban J connectivity index is 1.02. The van der Waals surface area contributed by atoms with Crippen LogP contribution in [0.15, 0.2) is 60.7 Å². The van der Waals surface area contributed by atoms with Crippen molar-refractivity contribution >= 4 is 22.7 Å². The number of hydrogen-bond donors (Lipinski definition) is 1. The monoisotopic (exact) mass is 532 g/mol. The van der Waals surface area contributed by atoms with Crippen molar-refractivity contribution in [2.24, 2.45) is 0 Å². The second-order valence-corrected chi connectivity index (χ2v) is 11.1. The molecule has 3 heterocycles. The third-order valence-corrected chi connectivity index (χ3v) is 8.61. The summed E-state index contributed by atoms with van der Waals surface area (Å²) in [4.78, 5) is 32.2. The molecule has 0 saturated carbocycles. The predicted molar refractivity (Wildman–Crippen MR) is 146 cm³/mol. The Labute approximate surface area is 227 Å². The number of halogens is 2. The zero-order valence-electron chi connectivity index (χ0n) is 22.0. The molecule has 0 aliphatic carbocycles. The van der Waals surface area contributed by atoms with Crippen molar-refractivity contribution in [1.82, 2.24) is 20.0 Å². The topological polar surface area (TPSA) is 55.9 Å². The SMILES string of the molecule is O=C(NC1C[C@H]2CC[C@@H](C1)N2Cc1ccc2cc(F)ccc2c1)N1CCCN(C(=O)c2ccc(F)cc2)CC1. The fraction of sp³-hybridized carbons (Fsp3) is 0.419. The Morgan fingerprint density at radius 2 is 1.41 bits per heavy atom. The summed E-state index contributed by atoms with van der Waals surface area (Å²) in [5.41, 5.74) is 1.70. The maximum atomic E-state index is 13.5. The van der Waals surface area contributed by atoms with Gasteiger partial charge in [-0.1, -0.05) is 18.2 Å². The average molecular weight is 533 g/mol. The van der Waals surface area contributed by atoms with Gasteiger partial charge in [-0.2, -0.15) is 0 Å². The van der Waals surface area contributed by atoms with Crippen molar-refractivity contribution < 1.29 is 18.4 Å². The van der Waals surface area contributed by atoms with Gasteiger partial charge in [-0.15, -0.1) is 0 Å². The second-order valence-electron chi connectivity index (χ2n) is 11.1. The maximum absolute atomic E-state index is 13.5. The van der Waals surface area contributed by atoms with Crippen LogP contribution in [0, 0.1) is 11.6 Å². The lowest BCUT2D eigenvalue weighted by molar-refractivity contribution is 0.0761. The molecule has 1 N–H and O–H groups in total. The molecule has 8 heteroatoms. The summed E-state index contributed by atoms with van der Waals surface area (Å²) in [6.07, 6.45) is 4.86. The molecule has 1 unspecified atom stereocenters. The van der Waals surface area contributed by atoms with Crippen molar-refractivity contribution in [3.63, 3.8) is 0 Å². The van der Waals surface area contributed by atoms with Crippen molar-refractivity contribution in [1.29, 1.82) is 0 Å². The molecule has 3 aromatic carbocycles. The number of carbonyl (C=O) groups excluding carboxylic acids is 2. The molecule has 204 valence electrons. The Bertz CT molecular complexity index is 1350. The van der Waals surface area contributed by atoms with Gasteiger partial charge in [0.25, 0.3) is 5.91 Å². The van der Waals surface area contributed by atoms with E-state index in [0.29, 0.717) is 50.2 Å². The van der Waals surface area contributed by atoms with Crippen LogP contribution in [-0.4, -0.2) is 70.9 Å². The summed E-state index contributed by atoms with van der Waals surface area (Å²) >= 11 is 0. The minimum absolute atomic E-state index is 0.0503. The first kappa shape index (κ1) is 25.7. The third kappa shape index (κ3) is 5.62. The predicted octanol–water partition coefficient (Wildman–Crippen LogP) is 5.17. The Hall–Kier alpha value is -3.52. The molecule has 3 fully saturated rings. The highest BCUT2D eigenvalue weighted by atomic mass is 19.1. The summed E-state index contributed by atoms with van der Waals surface area (Å²) in [5, 5.41) is 5.26. The first-order valence-corrected chi connectivity index (χ1v) is 14.0. The van der Waals surface area contributed by atoms with Gasteiger partial charge in [0.2, 0.25) is 0 Å². The molecule has 39 heavy (non-hydrogen) atoms. The van der Waals surface area contributed by atoms with E-state index in [1.165, 1.54) is 35.9 Å². The molecular formula is C31H34F2N4O2. The number of nitrogens with zero attached hydrogens (tertiary/aromatic N) is 3. The number of benzene rings is 3. The minimum Gasteiger partial charge on any atom is -0.337 e. The lowest BCUT2D eigenvalue weighted by Gasteiger charge is -2.39. The van der Waals surface area contributed by atoms with Gasteiger partial charge in [0.05, 0.1) is 0 Å². The van der Waals surface area contributed by atoms with Gasteiger partial charge in [0.1, 0.15) is 11.6 Å². The summed E-state index contributed by atoms with van der Waals surface area (Å²) in [6, 6.07) is 17.8. The lowest BCUT2D eigenvalue weighted by Crippen LogP contribution is -2.53. The quantitative estimate of drug-likeness (QED) is 0.505. The average Bonchev–Trinajstić information content (AvgIpc) is 3.11. The normalized spacial score (nSPS) is 23.6. The minimum atomic E-state index is -0.365. The molecule has 2 bridgehead atoms. The van der Waals surface area contributed by atoms with E-state index in [-0.39, 0.29) is 29.6 Å². The van der Waals surface area contributed by atoms with Gasteiger partial charge in [-0.25, -0.2) is 13.6 Å². The van der Waals surface area contributed by atoms with Crippen molar-refractivity contribution in [2.45, 2.75) is 56.8 Å². The number of urea groups is 1. The standard InChI is InChI=1S/C31H34F2N4O2/c32-25-7-4-22(5-8-25)30(38)35-12-1-13-36(15-14-35)31(39)34-27-18-28-10-11-29(19-27)37(28)20-21-2-3-24-17-26(33)9-6-23(24)16-21/h2-9,16-17,27-29H,1,10-15,18-20H2,(H,34,39)/t27?,28-,29+. The lowest BCUT2D eigenvalue weighted by atomic mass is 9.96. The Morgan fingerprint density at radius 3 is 2.18 bits per heavy atom. The van der Waals surface area contributed by atoms with Gasteiger partial charge >= 0.3 is 6.03 Å². The zero-order valence-corrected chi connectivity index (χ0v) is 22.0. The van der Waals surface area contributed by atoms with E-state index in [2.05, 4.69) is 22.3 Å². The van der Waals surface area contributed by atoms with Crippen LogP contribution in [0.4, 0.5) is 13.6 Å². The number of nitrogens with one attached hydrogen (secondary N) is 1. The number of piperidine rings is 1. The van der Waals surface area contributed by atoms with Crippen molar-refractivity contribution in [2.75, 3.05) is 26.2 Å². The zero-order chi connectivity index (χ0) is 26.9. The van der Waals surface area contributed by atoms with Gasteiger partial charge < -0.3 is 15.1 Å². The molecule has 3 saturated heterocycles. The van der Waals surface area contributed by atoms with Gasteiger partial charge in [0, 0.05) is 56.4 Å². The second kappa shape index (κ2) is 10.9. The molecule has 3 atom stereocenters. The molecule has 3 amide bonds. The fourth-order valence-corrected chi connectivity index (χ4v) is 6.59. The summed E-state index contributed by atoms with van der Waals surface area (Å²) in [5.74, 6) is -0.704. The highest BCUT2D eigenvalue weighted by molar-refractivity contribution is 5.94. The van der Waals surface area contributed by atoms with Gasteiger partial charge in [-0.05, 0) is 90.9 Å². The number of fused-ring (bicyclic) bond motifs is 3. The van der Waals surface area contributed by atoms with Crippen LogP contribution >= 0.6 is 0 Å². The smallest absolute Gasteiger partial charge is 0.317 e. The highest BCUT2D eigenvalue weighted by Gasteiger charge is 2.41. The molecule has 3 aromatic rings. The Kier molecular flexibility index (Phi) is 7.21. The number of amides is 3. The molecule has 0 aromatic heterocycles. The third-order valence-electron chi connectivity index (χ3n) is 8.61. The van der Waals surface area contributed by atoms with E-state index in [0.717, 1.165) is 43.0 Å². The fourth-order valence-electron chi connectivity index (χ4n) is 6.59. The molecule has 6 rings (SSSR count).